The molecule has 0 amide bonds. The van der Waals surface area contributed by atoms with Gasteiger partial charge in [-0.25, -0.2) is 5.01 Å². The summed E-state index contributed by atoms with van der Waals surface area (Å²) in [5.41, 5.74) is 1.10. The molecule has 1 rings (SSSR count). The fraction of sp³-hybridized carbons (Fsp3) is 0.455. The maximum atomic E-state index is 4.09. The highest BCUT2D eigenvalue weighted by molar-refractivity contribution is 5.18. The van der Waals surface area contributed by atoms with E-state index < -0.39 is 0 Å². The van der Waals surface area contributed by atoms with Gasteiger partial charge in [-0.1, -0.05) is 23.5 Å². The van der Waals surface area contributed by atoms with Gasteiger partial charge in [-0.05, 0) is 26.3 Å². The summed E-state index contributed by atoms with van der Waals surface area (Å²) >= 11 is 0. The van der Waals surface area contributed by atoms with Crippen LogP contribution in [0.15, 0.2) is 46.9 Å². The molecule has 0 N–H and O–H groups in total. The lowest BCUT2D eigenvalue weighted by Gasteiger charge is -2.18. The summed E-state index contributed by atoms with van der Waals surface area (Å²) in [5, 5.41) is 10.0. The SMILES string of the molecule is C=CC/C=C(\C=C/C)N1N=NCC1C. The van der Waals surface area contributed by atoms with Crippen molar-refractivity contribution in [3.05, 3.63) is 36.6 Å². The Hall–Kier alpha value is -1.38. The van der Waals surface area contributed by atoms with E-state index in [0.717, 1.165) is 18.7 Å². The molecule has 0 fully saturated rings. The van der Waals surface area contributed by atoms with Crippen molar-refractivity contribution in [2.75, 3.05) is 6.54 Å². The molecule has 1 heterocycles. The Kier molecular flexibility index (Phi) is 4.11. The Morgan fingerprint density at radius 3 is 2.93 bits per heavy atom. The summed E-state index contributed by atoms with van der Waals surface area (Å²) in [6.45, 7) is 8.59. The van der Waals surface area contributed by atoms with Crippen LogP contribution >= 0.6 is 0 Å². The van der Waals surface area contributed by atoms with Crippen molar-refractivity contribution in [2.45, 2.75) is 26.3 Å². The molecule has 1 atom stereocenters. The van der Waals surface area contributed by atoms with Crippen LogP contribution in [0.3, 0.4) is 0 Å². The van der Waals surface area contributed by atoms with E-state index in [4.69, 9.17) is 0 Å². The van der Waals surface area contributed by atoms with Crippen molar-refractivity contribution in [1.29, 1.82) is 0 Å². The number of hydrogen-bond donors (Lipinski definition) is 0. The molecule has 3 nitrogen and oxygen atoms in total. The molecule has 76 valence electrons. The average molecular weight is 191 g/mol. The molecule has 0 aromatic rings. The normalized spacial score (nSPS) is 22.3. The van der Waals surface area contributed by atoms with Crippen LogP contribution < -0.4 is 0 Å². The topological polar surface area (TPSA) is 28.0 Å². The van der Waals surface area contributed by atoms with Crippen molar-refractivity contribution in [3.8, 4) is 0 Å². The van der Waals surface area contributed by atoms with Crippen LogP contribution in [0.5, 0.6) is 0 Å². The molecule has 0 aromatic carbocycles. The maximum absolute atomic E-state index is 4.09. The second-order valence-corrected chi connectivity index (χ2v) is 3.26. The second kappa shape index (κ2) is 5.37. The summed E-state index contributed by atoms with van der Waals surface area (Å²) in [5.74, 6) is 0. The zero-order chi connectivity index (χ0) is 10.4. The van der Waals surface area contributed by atoms with Gasteiger partial charge in [0.15, 0.2) is 0 Å². The molecule has 0 bridgehead atoms. The molecule has 14 heavy (non-hydrogen) atoms. The highest BCUT2D eigenvalue weighted by atomic mass is 15.6. The van der Waals surface area contributed by atoms with Crippen molar-refractivity contribution in [1.82, 2.24) is 5.01 Å². The lowest BCUT2D eigenvalue weighted by atomic mass is 10.2. The molecular weight excluding hydrogens is 174 g/mol. The van der Waals surface area contributed by atoms with Crippen LogP contribution in [0.25, 0.3) is 0 Å². The highest BCUT2D eigenvalue weighted by Gasteiger charge is 2.18. The first-order valence-electron chi connectivity index (χ1n) is 4.90. The van der Waals surface area contributed by atoms with Gasteiger partial charge in [-0.3, -0.25) is 0 Å². The van der Waals surface area contributed by atoms with Gasteiger partial charge in [0.2, 0.25) is 0 Å². The number of nitrogens with zero attached hydrogens (tertiary/aromatic N) is 3. The van der Waals surface area contributed by atoms with Gasteiger partial charge >= 0.3 is 0 Å². The fourth-order valence-corrected chi connectivity index (χ4v) is 1.31. The highest BCUT2D eigenvalue weighted by Crippen LogP contribution is 2.18. The first kappa shape index (κ1) is 10.7. The standard InChI is InChI=1S/C11H17N3/c1-4-6-8-11(7-5-2)14-10(3)9-12-13-14/h4-5,7-8,10H,1,6,9H2,2-3H3/b7-5-,11-8+. The maximum Gasteiger partial charge on any atom is 0.0843 e. The largest absolute Gasteiger partial charge is 0.243 e. The van der Waals surface area contributed by atoms with Crippen LogP contribution in [0, 0.1) is 0 Å². The van der Waals surface area contributed by atoms with Crippen molar-refractivity contribution >= 4 is 0 Å². The van der Waals surface area contributed by atoms with E-state index in [1.807, 2.05) is 30.2 Å². The Morgan fingerprint density at radius 1 is 1.64 bits per heavy atom. The molecule has 0 spiro atoms. The van der Waals surface area contributed by atoms with E-state index in [1.54, 1.807) is 0 Å². The Balaban J connectivity index is 2.76. The first-order chi connectivity index (χ1) is 6.79. The molecular formula is C11H17N3. The Bertz CT molecular complexity index is 276. The van der Waals surface area contributed by atoms with Crippen LogP contribution in [-0.2, 0) is 0 Å². The monoisotopic (exact) mass is 191 g/mol. The summed E-state index contributed by atoms with van der Waals surface area (Å²) in [7, 11) is 0. The number of hydrogen-bond acceptors (Lipinski definition) is 3. The van der Waals surface area contributed by atoms with Gasteiger partial charge in [-0.15, -0.1) is 6.58 Å². The zero-order valence-electron chi connectivity index (χ0n) is 8.85. The van der Waals surface area contributed by atoms with Gasteiger partial charge in [0.1, 0.15) is 0 Å². The van der Waals surface area contributed by atoms with Gasteiger partial charge in [-0.2, -0.15) is 5.11 Å². The van der Waals surface area contributed by atoms with Crippen molar-refractivity contribution < 1.29 is 0 Å². The molecule has 0 saturated carbocycles. The number of allylic oxidation sites excluding steroid dienone is 4. The molecule has 0 aromatic heterocycles. The molecule has 0 radical (unpaired) electrons. The summed E-state index contributed by atoms with van der Waals surface area (Å²) in [6, 6.07) is 0.363. The summed E-state index contributed by atoms with van der Waals surface area (Å²) < 4.78 is 0. The van der Waals surface area contributed by atoms with Gasteiger partial charge in [0, 0.05) is 0 Å². The third kappa shape index (κ3) is 2.55. The predicted octanol–water partition coefficient (Wildman–Crippen LogP) is 3.09. The molecule has 1 aliphatic heterocycles. The van der Waals surface area contributed by atoms with E-state index in [-0.39, 0.29) is 0 Å². The van der Waals surface area contributed by atoms with E-state index in [9.17, 15) is 0 Å². The quantitative estimate of drug-likeness (QED) is 0.495. The lowest BCUT2D eigenvalue weighted by Crippen LogP contribution is -2.24. The zero-order valence-corrected chi connectivity index (χ0v) is 8.85. The molecule has 0 saturated heterocycles. The smallest absolute Gasteiger partial charge is 0.0843 e. The van der Waals surface area contributed by atoms with Crippen molar-refractivity contribution in [3.63, 3.8) is 0 Å². The first-order valence-corrected chi connectivity index (χ1v) is 4.90. The Labute approximate surface area is 85.5 Å². The minimum atomic E-state index is 0.363. The van der Waals surface area contributed by atoms with E-state index in [0.29, 0.717) is 6.04 Å². The lowest BCUT2D eigenvalue weighted by molar-refractivity contribution is 0.330. The van der Waals surface area contributed by atoms with E-state index >= 15 is 0 Å². The summed E-state index contributed by atoms with van der Waals surface area (Å²) in [4.78, 5) is 0. The molecule has 1 unspecified atom stereocenters. The third-order valence-electron chi connectivity index (χ3n) is 2.02. The minimum absolute atomic E-state index is 0.363. The molecule has 3 heteroatoms. The number of rotatable bonds is 4. The molecule has 1 aliphatic rings. The fourth-order valence-electron chi connectivity index (χ4n) is 1.31. The van der Waals surface area contributed by atoms with Gasteiger partial charge < -0.3 is 0 Å². The van der Waals surface area contributed by atoms with Crippen LogP contribution in [0.2, 0.25) is 0 Å². The average Bonchev–Trinajstić information content (AvgIpc) is 2.59. The third-order valence-corrected chi connectivity index (χ3v) is 2.02. The van der Waals surface area contributed by atoms with Gasteiger partial charge in [0.05, 0.1) is 18.3 Å². The predicted molar refractivity (Wildman–Crippen MR) is 58.7 cm³/mol. The van der Waals surface area contributed by atoms with E-state index in [1.165, 1.54) is 0 Å². The Morgan fingerprint density at radius 2 is 2.43 bits per heavy atom. The van der Waals surface area contributed by atoms with Crippen molar-refractivity contribution in [2.24, 2.45) is 10.3 Å². The van der Waals surface area contributed by atoms with Crippen LogP contribution in [0.4, 0.5) is 0 Å². The van der Waals surface area contributed by atoms with Crippen LogP contribution in [0.1, 0.15) is 20.3 Å². The second-order valence-electron chi connectivity index (χ2n) is 3.26. The molecule has 0 aliphatic carbocycles. The van der Waals surface area contributed by atoms with E-state index in [2.05, 4.69) is 29.9 Å². The minimum Gasteiger partial charge on any atom is -0.243 e. The van der Waals surface area contributed by atoms with Crippen LogP contribution in [-0.4, -0.2) is 17.6 Å². The summed E-state index contributed by atoms with van der Waals surface area (Å²) in [6.07, 6.45) is 8.90. The van der Waals surface area contributed by atoms with Gasteiger partial charge in [0.25, 0.3) is 0 Å².